The molecule has 0 amide bonds. The first-order valence-electron chi connectivity index (χ1n) is 8.69. The van der Waals surface area contributed by atoms with Gasteiger partial charge in [0.15, 0.2) is 24.6 Å². The van der Waals surface area contributed by atoms with Crippen LogP contribution in [0.5, 0.6) is 0 Å². The van der Waals surface area contributed by atoms with Crippen LogP contribution in [0.15, 0.2) is 0 Å². The van der Waals surface area contributed by atoms with Gasteiger partial charge in [-0.05, 0) is 0 Å². The van der Waals surface area contributed by atoms with E-state index in [1.807, 2.05) is 0 Å². The molecule has 29 heavy (non-hydrogen) atoms. The molecule has 1 heterocycles. The summed E-state index contributed by atoms with van der Waals surface area (Å²) in [4.78, 5) is 46.0. The number of esters is 4. The lowest BCUT2D eigenvalue weighted by Gasteiger charge is -2.44. The van der Waals surface area contributed by atoms with E-state index in [1.54, 1.807) is 5.22 Å². The first-order valence-corrected chi connectivity index (χ1v) is 8.69. The van der Waals surface area contributed by atoms with Gasteiger partial charge in [-0.2, -0.15) is 10.8 Å². The molecule has 0 bridgehead atoms. The van der Waals surface area contributed by atoms with Gasteiger partial charge in [-0.3, -0.25) is 24.6 Å². The van der Waals surface area contributed by atoms with Crippen molar-refractivity contribution in [3.8, 4) is 0 Å². The molecule has 13 heteroatoms. The highest BCUT2D eigenvalue weighted by Crippen LogP contribution is 2.29. The molecule has 2 N–H and O–H groups in total. The SMILES string of the molecule is CC(=O)OC[C@@H]1O[C@@H](OCCN[NH+]=[N-])[C@@H](OC(C)=O)[C@@H](OC(C)=O)[C@@H]1OC(C)=O. The lowest BCUT2D eigenvalue weighted by Crippen LogP contribution is -2.76. The Bertz CT molecular complexity index is 614. The number of nitrogens with one attached hydrogen (secondary N) is 2. The molecule has 0 radical (unpaired) electrons. The number of carbonyl (C=O) groups is 4. The minimum absolute atomic E-state index is 0.0265. The fraction of sp³-hybridized carbons (Fsp3) is 0.750. The van der Waals surface area contributed by atoms with Crippen LogP contribution in [0, 0.1) is 0 Å². The van der Waals surface area contributed by atoms with Crippen LogP contribution in [-0.4, -0.2) is 74.3 Å². The average molecular weight is 419 g/mol. The van der Waals surface area contributed by atoms with E-state index in [-0.39, 0.29) is 19.8 Å². The summed E-state index contributed by atoms with van der Waals surface area (Å²) in [5.41, 5.74) is 10.9. The van der Waals surface area contributed by atoms with Gasteiger partial charge in [0.25, 0.3) is 0 Å². The van der Waals surface area contributed by atoms with Crippen LogP contribution in [0.3, 0.4) is 0 Å². The van der Waals surface area contributed by atoms with Crippen LogP contribution in [-0.2, 0) is 47.6 Å². The second-order valence-corrected chi connectivity index (χ2v) is 5.98. The Morgan fingerprint density at radius 2 is 1.45 bits per heavy atom. The Balaban J connectivity index is 3.19. The smallest absolute Gasteiger partial charge is 0.303 e. The van der Waals surface area contributed by atoms with Gasteiger partial charge < -0.3 is 28.4 Å². The van der Waals surface area contributed by atoms with E-state index in [1.165, 1.54) is 6.92 Å². The molecule has 0 aromatic heterocycles. The predicted octanol–water partition coefficient (Wildman–Crippen LogP) is -2.31. The van der Waals surface area contributed by atoms with Crippen molar-refractivity contribution in [1.82, 2.24) is 5.43 Å². The fourth-order valence-corrected chi connectivity index (χ4v) is 2.60. The van der Waals surface area contributed by atoms with Crippen molar-refractivity contribution in [3.05, 3.63) is 5.53 Å². The molecule has 0 aromatic rings. The second-order valence-electron chi connectivity index (χ2n) is 5.98. The quantitative estimate of drug-likeness (QED) is 0.128. The Hall–Kier alpha value is -2.80. The molecule has 164 valence electrons. The molecular weight excluding hydrogens is 394 g/mol. The highest BCUT2D eigenvalue weighted by molar-refractivity contribution is 5.68. The van der Waals surface area contributed by atoms with E-state index in [0.717, 1.165) is 20.8 Å². The standard InChI is InChI=1S/C16H25N3O10/c1-8(20)25-7-12-13(26-9(2)21)14(27-10(3)22)15(28-11(4)23)16(29-12)24-6-5-18-19-17/h12-16,19H,5-7H2,1-4H3,(H-,17,18)/t12-,13+,14-,15-,16+/m0/s1. The number of rotatable bonds is 10. The number of hydrazine groups is 1. The molecule has 13 nitrogen and oxygen atoms in total. The van der Waals surface area contributed by atoms with Crippen molar-refractivity contribution in [1.29, 1.82) is 0 Å². The fourth-order valence-electron chi connectivity index (χ4n) is 2.60. The summed E-state index contributed by atoms with van der Waals surface area (Å²) in [5.74, 6) is -2.79. The number of hydrogen-bond donors (Lipinski definition) is 2. The molecule has 1 aliphatic heterocycles. The maximum Gasteiger partial charge on any atom is 0.303 e. The van der Waals surface area contributed by atoms with Crippen LogP contribution >= 0.6 is 0 Å². The highest BCUT2D eigenvalue weighted by atomic mass is 16.7. The summed E-state index contributed by atoms with van der Waals surface area (Å²) in [5, 5.41) is 1.71. The first kappa shape index (κ1) is 24.2. The Morgan fingerprint density at radius 1 is 0.897 bits per heavy atom. The molecule has 0 saturated carbocycles. The molecule has 1 rings (SSSR count). The average Bonchev–Trinajstić information content (AvgIpc) is 2.60. The lowest BCUT2D eigenvalue weighted by molar-refractivity contribution is -0.549. The summed E-state index contributed by atoms with van der Waals surface area (Å²) in [6, 6.07) is 0. The van der Waals surface area contributed by atoms with Crippen molar-refractivity contribution in [2.75, 3.05) is 19.8 Å². The van der Waals surface area contributed by atoms with Crippen molar-refractivity contribution >= 4 is 23.9 Å². The number of ether oxygens (including phenoxy) is 6. The van der Waals surface area contributed by atoms with Gasteiger partial charge in [-0.1, -0.05) is 0 Å². The molecule has 1 saturated heterocycles. The maximum absolute atomic E-state index is 11.6. The van der Waals surface area contributed by atoms with E-state index in [9.17, 15) is 19.2 Å². The third kappa shape index (κ3) is 8.39. The Kier molecular flexibility index (Phi) is 9.96. The van der Waals surface area contributed by atoms with Crippen molar-refractivity contribution in [3.63, 3.8) is 0 Å². The third-order valence-corrected chi connectivity index (χ3v) is 3.54. The number of hydrogen-bond acceptors (Lipinski definition) is 10. The van der Waals surface area contributed by atoms with E-state index in [4.69, 9.17) is 34.0 Å². The summed E-state index contributed by atoms with van der Waals surface area (Å²) < 4.78 is 31.8. The zero-order valence-corrected chi connectivity index (χ0v) is 16.5. The molecule has 0 aliphatic carbocycles. The first-order chi connectivity index (χ1) is 13.6. The summed E-state index contributed by atoms with van der Waals surface area (Å²) in [7, 11) is 0. The zero-order chi connectivity index (χ0) is 22.0. The van der Waals surface area contributed by atoms with Crippen LogP contribution in [0.1, 0.15) is 27.7 Å². The molecule has 0 aromatic carbocycles. The lowest BCUT2D eigenvalue weighted by atomic mass is 9.98. The van der Waals surface area contributed by atoms with Crippen LogP contribution in [0.4, 0.5) is 0 Å². The number of carbonyl (C=O) groups excluding carboxylic acids is 4. The highest BCUT2D eigenvalue weighted by Gasteiger charge is 2.52. The predicted molar refractivity (Wildman–Crippen MR) is 90.2 cm³/mol. The van der Waals surface area contributed by atoms with Gasteiger partial charge in [0.2, 0.25) is 0 Å². The molecular formula is C16H25N3O10. The van der Waals surface area contributed by atoms with Gasteiger partial charge >= 0.3 is 23.9 Å². The topological polar surface area (TPSA) is 172 Å². The Labute approximate surface area is 166 Å². The maximum atomic E-state index is 11.6. The van der Waals surface area contributed by atoms with Crippen LogP contribution < -0.4 is 10.6 Å². The van der Waals surface area contributed by atoms with Crippen LogP contribution in [0.2, 0.25) is 0 Å². The van der Waals surface area contributed by atoms with Crippen molar-refractivity contribution < 1.29 is 52.8 Å². The third-order valence-electron chi connectivity index (χ3n) is 3.54. The largest absolute Gasteiger partial charge is 0.463 e. The van der Waals surface area contributed by atoms with Gasteiger partial charge in [0, 0.05) is 34.2 Å². The molecule has 0 unspecified atom stereocenters. The van der Waals surface area contributed by atoms with Gasteiger partial charge in [0.05, 0.1) is 6.61 Å². The van der Waals surface area contributed by atoms with E-state index >= 15 is 0 Å². The molecule has 5 atom stereocenters. The minimum atomic E-state index is -1.29. The zero-order valence-electron chi connectivity index (χ0n) is 16.5. The molecule has 1 fully saturated rings. The summed E-state index contributed by atoms with van der Waals surface area (Å²) in [6.45, 7) is 4.32. The van der Waals surface area contributed by atoms with E-state index in [0.29, 0.717) is 0 Å². The normalized spacial score (nSPS) is 26.0. The number of nitrogens with zero attached hydrogens (tertiary/aromatic N) is 1. The van der Waals surface area contributed by atoms with E-state index < -0.39 is 54.6 Å². The summed E-state index contributed by atoms with van der Waals surface area (Å²) in [6.07, 6.45) is -6.14. The van der Waals surface area contributed by atoms with Gasteiger partial charge in [-0.25, -0.2) is 0 Å². The van der Waals surface area contributed by atoms with E-state index in [2.05, 4.69) is 5.43 Å². The summed E-state index contributed by atoms with van der Waals surface area (Å²) >= 11 is 0. The Morgan fingerprint density at radius 3 is 1.97 bits per heavy atom. The van der Waals surface area contributed by atoms with Gasteiger partial charge in [0.1, 0.15) is 12.7 Å². The molecule has 0 spiro atoms. The van der Waals surface area contributed by atoms with Crippen molar-refractivity contribution in [2.24, 2.45) is 0 Å². The molecule has 1 aliphatic rings. The monoisotopic (exact) mass is 419 g/mol. The van der Waals surface area contributed by atoms with Gasteiger partial charge in [-0.15, -0.1) is 0 Å². The second kappa shape index (κ2) is 11.9. The van der Waals surface area contributed by atoms with Crippen molar-refractivity contribution in [2.45, 2.75) is 58.4 Å². The van der Waals surface area contributed by atoms with Crippen LogP contribution in [0.25, 0.3) is 5.53 Å². The minimum Gasteiger partial charge on any atom is -0.463 e.